The van der Waals surface area contributed by atoms with Crippen molar-refractivity contribution < 1.29 is 0 Å². The molecular formula is C21H25NS. The van der Waals surface area contributed by atoms with Crippen LogP contribution in [-0.4, -0.2) is 24.5 Å². The van der Waals surface area contributed by atoms with E-state index in [2.05, 4.69) is 58.8 Å². The molecule has 0 N–H and O–H groups in total. The molecule has 1 aliphatic carbocycles. The molecule has 0 amide bonds. The van der Waals surface area contributed by atoms with Gasteiger partial charge in [-0.3, -0.25) is 4.90 Å². The monoisotopic (exact) mass is 323 g/mol. The number of fused-ring (bicyclic) bond motifs is 4. The summed E-state index contributed by atoms with van der Waals surface area (Å²) in [4.78, 5) is 4.08. The Kier molecular flexibility index (Phi) is 4.63. The molecule has 0 atom stereocenters. The zero-order valence-corrected chi connectivity index (χ0v) is 14.5. The van der Waals surface area contributed by atoms with E-state index in [-0.39, 0.29) is 0 Å². The Balaban J connectivity index is 1.56. The smallest absolute Gasteiger partial charge is 0.0345 e. The lowest BCUT2D eigenvalue weighted by molar-refractivity contribution is 0.279. The molecular weight excluding hydrogens is 298 g/mol. The molecule has 3 heterocycles. The zero-order valence-electron chi connectivity index (χ0n) is 13.7. The van der Waals surface area contributed by atoms with Gasteiger partial charge in [-0.15, -0.1) is 11.3 Å². The summed E-state index contributed by atoms with van der Waals surface area (Å²) in [5.74, 6) is 1.90. The maximum atomic E-state index is 2.70. The van der Waals surface area contributed by atoms with Gasteiger partial charge in [0.05, 0.1) is 0 Å². The fourth-order valence-corrected chi connectivity index (χ4v) is 4.97. The average Bonchev–Trinajstić information content (AvgIpc) is 2.96. The minimum Gasteiger partial charge on any atom is -0.299 e. The van der Waals surface area contributed by atoms with Crippen molar-refractivity contribution in [2.75, 3.05) is 19.6 Å². The molecule has 23 heavy (non-hydrogen) atoms. The van der Waals surface area contributed by atoms with E-state index < -0.39 is 0 Å². The van der Waals surface area contributed by atoms with Gasteiger partial charge in [0.15, 0.2) is 0 Å². The summed E-state index contributed by atoms with van der Waals surface area (Å²) in [7, 11) is 0. The summed E-state index contributed by atoms with van der Waals surface area (Å²) in [6, 6.07) is 15.3. The molecule has 2 aliphatic heterocycles. The van der Waals surface area contributed by atoms with Crippen LogP contribution >= 0.6 is 11.3 Å². The van der Waals surface area contributed by atoms with Crippen LogP contribution in [0, 0.1) is 11.8 Å². The predicted molar refractivity (Wildman–Crippen MR) is 99.7 cm³/mol. The molecule has 2 heteroatoms. The fourth-order valence-electron chi connectivity index (χ4n) is 4.18. The van der Waals surface area contributed by atoms with E-state index in [9.17, 15) is 0 Å². The van der Waals surface area contributed by atoms with Gasteiger partial charge in [-0.05, 0) is 60.1 Å². The van der Waals surface area contributed by atoms with Crippen LogP contribution in [0.2, 0.25) is 0 Å². The van der Waals surface area contributed by atoms with Crippen molar-refractivity contribution in [1.82, 2.24) is 4.90 Å². The molecule has 1 aromatic heterocycles. The second-order valence-corrected chi connectivity index (χ2v) is 8.01. The van der Waals surface area contributed by atoms with Crippen LogP contribution in [-0.2, 0) is 0 Å². The molecule has 0 radical (unpaired) electrons. The first-order valence-electron chi connectivity index (χ1n) is 8.90. The van der Waals surface area contributed by atoms with E-state index in [1.165, 1.54) is 54.8 Å². The van der Waals surface area contributed by atoms with Crippen molar-refractivity contribution in [1.29, 1.82) is 0 Å². The van der Waals surface area contributed by atoms with E-state index in [1.807, 2.05) is 11.3 Å². The lowest BCUT2D eigenvalue weighted by Gasteiger charge is -2.21. The summed E-state index contributed by atoms with van der Waals surface area (Å²) < 4.78 is 0. The van der Waals surface area contributed by atoms with E-state index in [4.69, 9.17) is 0 Å². The van der Waals surface area contributed by atoms with Crippen molar-refractivity contribution in [2.24, 2.45) is 11.8 Å². The van der Waals surface area contributed by atoms with Crippen molar-refractivity contribution in [3.63, 3.8) is 0 Å². The molecule has 0 unspecified atom stereocenters. The molecule has 120 valence electrons. The van der Waals surface area contributed by atoms with Gasteiger partial charge < -0.3 is 0 Å². The third kappa shape index (κ3) is 3.59. The summed E-state index contributed by atoms with van der Waals surface area (Å²) in [5, 5.41) is 2.18. The largest absolute Gasteiger partial charge is 0.299 e. The van der Waals surface area contributed by atoms with E-state index in [0.717, 1.165) is 18.4 Å². The SMILES string of the molecule is C(CN1CC2CCC(CC2)C1)=C(c1ccccc1)c1cccs1. The molecule has 5 rings (SSSR count). The molecule has 2 bridgehead atoms. The zero-order chi connectivity index (χ0) is 15.5. The van der Waals surface area contributed by atoms with Gasteiger partial charge in [-0.25, -0.2) is 0 Å². The number of hydrogen-bond acceptors (Lipinski definition) is 2. The summed E-state index contributed by atoms with van der Waals surface area (Å²) in [6.07, 6.45) is 8.30. The van der Waals surface area contributed by atoms with Crippen molar-refractivity contribution >= 4 is 16.9 Å². The highest BCUT2D eigenvalue weighted by molar-refractivity contribution is 7.11. The summed E-state index contributed by atoms with van der Waals surface area (Å²) >= 11 is 1.84. The third-order valence-corrected chi connectivity index (χ3v) is 6.33. The van der Waals surface area contributed by atoms with Crippen LogP contribution in [0.5, 0.6) is 0 Å². The van der Waals surface area contributed by atoms with Crippen molar-refractivity contribution in [3.8, 4) is 0 Å². The quantitative estimate of drug-likeness (QED) is 0.738. The predicted octanol–water partition coefficient (Wildman–Crippen LogP) is 5.30. The first-order valence-corrected chi connectivity index (χ1v) is 9.78. The molecule has 2 saturated heterocycles. The Hall–Kier alpha value is -1.38. The van der Waals surface area contributed by atoms with Gasteiger partial charge in [-0.1, -0.05) is 42.5 Å². The van der Waals surface area contributed by atoms with Gasteiger partial charge in [0.25, 0.3) is 0 Å². The molecule has 0 spiro atoms. The molecule has 3 fully saturated rings. The van der Waals surface area contributed by atoms with Gasteiger partial charge in [0.2, 0.25) is 0 Å². The maximum Gasteiger partial charge on any atom is 0.0345 e. The number of nitrogens with zero attached hydrogens (tertiary/aromatic N) is 1. The Morgan fingerprint density at radius 2 is 1.65 bits per heavy atom. The highest BCUT2D eigenvalue weighted by atomic mass is 32.1. The Bertz CT molecular complexity index is 622. The number of benzene rings is 1. The number of rotatable bonds is 4. The first kappa shape index (κ1) is 15.2. The molecule has 1 saturated carbocycles. The topological polar surface area (TPSA) is 3.24 Å². The second-order valence-electron chi connectivity index (χ2n) is 7.07. The second kappa shape index (κ2) is 7.02. The van der Waals surface area contributed by atoms with Crippen LogP contribution < -0.4 is 0 Å². The van der Waals surface area contributed by atoms with Crippen LogP contribution in [0.3, 0.4) is 0 Å². The highest BCUT2D eigenvalue weighted by Gasteiger charge is 2.28. The minimum atomic E-state index is 0.948. The average molecular weight is 324 g/mol. The van der Waals surface area contributed by atoms with Gasteiger partial charge >= 0.3 is 0 Å². The van der Waals surface area contributed by atoms with Gasteiger partial charge in [-0.2, -0.15) is 0 Å². The third-order valence-electron chi connectivity index (χ3n) is 5.42. The lowest BCUT2D eigenvalue weighted by atomic mass is 9.84. The molecule has 2 aromatic rings. The van der Waals surface area contributed by atoms with E-state index >= 15 is 0 Å². The Morgan fingerprint density at radius 1 is 0.957 bits per heavy atom. The number of thiophene rings is 1. The van der Waals surface area contributed by atoms with Crippen LogP contribution in [0.15, 0.2) is 53.9 Å². The molecule has 1 aromatic carbocycles. The molecule has 1 nitrogen and oxygen atoms in total. The number of hydrogen-bond donors (Lipinski definition) is 0. The van der Waals surface area contributed by atoms with Gasteiger partial charge in [0.1, 0.15) is 0 Å². The van der Waals surface area contributed by atoms with Gasteiger partial charge in [0, 0.05) is 24.5 Å². The van der Waals surface area contributed by atoms with Crippen LogP contribution in [0.4, 0.5) is 0 Å². The summed E-state index contributed by atoms with van der Waals surface area (Å²) in [6.45, 7) is 3.70. The summed E-state index contributed by atoms with van der Waals surface area (Å²) in [5.41, 5.74) is 2.74. The maximum absolute atomic E-state index is 2.70. The van der Waals surface area contributed by atoms with Crippen molar-refractivity contribution in [2.45, 2.75) is 25.7 Å². The fraction of sp³-hybridized carbons (Fsp3) is 0.429. The highest BCUT2D eigenvalue weighted by Crippen LogP contribution is 2.34. The lowest BCUT2D eigenvalue weighted by Crippen LogP contribution is -2.28. The Morgan fingerprint density at radius 3 is 2.26 bits per heavy atom. The normalized spacial score (nSPS) is 25.5. The van der Waals surface area contributed by atoms with Crippen LogP contribution in [0.1, 0.15) is 36.1 Å². The van der Waals surface area contributed by atoms with E-state index in [1.54, 1.807) is 0 Å². The standard InChI is InChI=1S/C21H25NS/c1-2-5-19(6-3-1)20(21-7-4-14-23-21)12-13-22-15-17-8-9-18(16-22)11-10-17/h1-7,12,14,17-18H,8-11,13,15-16H2. The molecule has 3 aliphatic rings. The first-order chi connectivity index (χ1) is 11.4. The van der Waals surface area contributed by atoms with Crippen molar-refractivity contribution in [3.05, 3.63) is 64.4 Å². The van der Waals surface area contributed by atoms with E-state index in [0.29, 0.717) is 0 Å². The minimum absolute atomic E-state index is 0.948. The van der Waals surface area contributed by atoms with Crippen LogP contribution in [0.25, 0.3) is 5.57 Å². The Labute approximate surface area is 143 Å².